The number of amides is 1. The third-order valence-corrected chi connectivity index (χ3v) is 5.32. The topological polar surface area (TPSA) is 87.1 Å². The van der Waals surface area contributed by atoms with Crippen molar-refractivity contribution in [3.05, 3.63) is 71.8 Å². The summed E-state index contributed by atoms with van der Waals surface area (Å²) >= 11 is 0. The molecule has 0 radical (unpaired) electrons. The number of ether oxygens (including phenoxy) is 1. The highest BCUT2D eigenvalue weighted by Crippen LogP contribution is 2.33. The fraction of sp³-hybridized carbons (Fsp3) is 0.364. The fourth-order valence-corrected chi connectivity index (χ4v) is 3.59. The van der Waals surface area contributed by atoms with E-state index in [4.69, 9.17) is 4.74 Å². The van der Waals surface area contributed by atoms with Gasteiger partial charge in [0.25, 0.3) is 0 Å². The monoisotopic (exact) mass is 383 g/mol. The number of likely N-dealkylation sites (tertiary alicyclic amines) is 1. The summed E-state index contributed by atoms with van der Waals surface area (Å²) in [5.41, 5.74) is 0.420. The fourth-order valence-electron chi connectivity index (χ4n) is 3.59. The maximum atomic E-state index is 12.3. The summed E-state index contributed by atoms with van der Waals surface area (Å²) in [7, 11) is 0. The average Bonchev–Trinajstić information content (AvgIpc) is 2.72. The smallest absolute Gasteiger partial charge is 0.410 e. The highest BCUT2D eigenvalue weighted by molar-refractivity contribution is 5.72. The summed E-state index contributed by atoms with van der Waals surface area (Å²) in [6, 6.07) is 18.7. The molecule has 1 aliphatic heterocycles. The van der Waals surface area contributed by atoms with E-state index in [9.17, 15) is 19.8 Å². The van der Waals surface area contributed by atoms with Gasteiger partial charge in [-0.25, -0.2) is 4.79 Å². The van der Waals surface area contributed by atoms with Crippen molar-refractivity contribution in [3.63, 3.8) is 0 Å². The van der Waals surface area contributed by atoms with Crippen molar-refractivity contribution in [1.82, 2.24) is 4.90 Å². The van der Waals surface area contributed by atoms with Crippen molar-refractivity contribution in [2.75, 3.05) is 13.1 Å². The zero-order chi connectivity index (χ0) is 20.0. The van der Waals surface area contributed by atoms with Crippen LogP contribution in [0.2, 0.25) is 0 Å². The lowest BCUT2D eigenvalue weighted by Crippen LogP contribution is -2.53. The molecule has 2 aromatic carbocycles. The van der Waals surface area contributed by atoms with Crippen molar-refractivity contribution in [2.24, 2.45) is 5.92 Å². The summed E-state index contributed by atoms with van der Waals surface area (Å²) < 4.78 is 5.33. The van der Waals surface area contributed by atoms with Gasteiger partial charge >= 0.3 is 12.1 Å². The molecule has 0 saturated carbocycles. The molecule has 148 valence electrons. The molecule has 1 saturated heterocycles. The molecule has 1 unspecified atom stereocenters. The Bertz CT molecular complexity index is 785. The largest absolute Gasteiger partial charge is 0.481 e. The molecule has 2 aromatic rings. The van der Waals surface area contributed by atoms with Gasteiger partial charge in [0, 0.05) is 13.1 Å². The van der Waals surface area contributed by atoms with Crippen LogP contribution in [0.15, 0.2) is 60.7 Å². The highest BCUT2D eigenvalue weighted by Gasteiger charge is 2.44. The predicted molar refractivity (Wildman–Crippen MR) is 104 cm³/mol. The molecule has 3 rings (SSSR count). The third kappa shape index (κ3) is 4.89. The molecule has 1 atom stereocenters. The Hall–Kier alpha value is -2.86. The number of benzene rings is 2. The molecule has 1 amide bonds. The summed E-state index contributed by atoms with van der Waals surface area (Å²) in [6.45, 7) is 0.720. The Morgan fingerprint density at radius 3 is 2.04 bits per heavy atom. The zero-order valence-electron chi connectivity index (χ0n) is 15.7. The van der Waals surface area contributed by atoms with Gasteiger partial charge in [-0.05, 0) is 30.4 Å². The lowest BCUT2D eigenvalue weighted by molar-refractivity contribution is -0.155. The van der Waals surface area contributed by atoms with E-state index in [1.807, 2.05) is 60.7 Å². The van der Waals surface area contributed by atoms with Crippen LogP contribution in [0, 0.1) is 5.92 Å². The number of rotatable bonds is 6. The van der Waals surface area contributed by atoms with Crippen LogP contribution in [-0.2, 0) is 22.6 Å². The van der Waals surface area contributed by atoms with Gasteiger partial charge < -0.3 is 19.8 Å². The number of aliphatic carboxylic acids is 1. The first-order chi connectivity index (χ1) is 13.5. The van der Waals surface area contributed by atoms with E-state index in [1.165, 1.54) is 4.90 Å². The number of aliphatic hydroxyl groups is 1. The first-order valence-corrected chi connectivity index (χ1v) is 9.43. The quantitative estimate of drug-likeness (QED) is 0.800. The van der Waals surface area contributed by atoms with Crippen LogP contribution in [0.5, 0.6) is 0 Å². The van der Waals surface area contributed by atoms with Crippen molar-refractivity contribution in [1.29, 1.82) is 0 Å². The van der Waals surface area contributed by atoms with Crippen LogP contribution in [0.4, 0.5) is 4.79 Å². The highest BCUT2D eigenvalue weighted by atomic mass is 16.6. The molecule has 0 aliphatic carbocycles. The molecular weight excluding hydrogens is 358 g/mol. The first kappa shape index (κ1) is 19.9. The van der Waals surface area contributed by atoms with E-state index >= 15 is 0 Å². The Morgan fingerprint density at radius 2 is 1.50 bits per heavy atom. The summed E-state index contributed by atoms with van der Waals surface area (Å²) in [6.07, 6.45) is 0.223. The van der Waals surface area contributed by atoms with Crippen LogP contribution < -0.4 is 0 Å². The second-order valence-electron chi connectivity index (χ2n) is 7.21. The van der Waals surface area contributed by atoms with Crippen LogP contribution in [0.1, 0.15) is 24.0 Å². The van der Waals surface area contributed by atoms with E-state index in [-0.39, 0.29) is 39.0 Å². The number of piperidine rings is 1. The molecule has 1 heterocycles. The summed E-state index contributed by atoms with van der Waals surface area (Å²) in [4.78, 5) is 25.6. The molecule has 0 spiro atoms. The number of hydrogen-bond donors (Lipinski definition) is 2. The lowest BCUT2D eigenvalue weighted by atomic mass is 9.76. The SMILES string of the molecule is O=C(O)C(Cc1ccccc1)C1(O)CCN(C(=O)OCc2ccccc2)CC1. The molecule has 6 heteroatoms. The predicted octanol–water partition coefficient (Wildman–Crippen LogP) is 3.09. The van der Waals surface area contributed by atoms with Gasteiger partial charge in [-0.2, -0.15) is 0 Å². The summed E-state index contributed by atoms with van der Waals surface area (Å²) in [5, 5.41) is 20.7. The Balaban J connectivity index is 1.57. The van der Waals surface area contributed by atoms with E-state index in [0.717, 1.165) is 11.1 Å². The van der Waals surface area contributed by atoms with E-state index in [1.54, 1.807) is 0 Å². The minimum Gasteiger partial charge on any atom is -0.481 e. The lowest BCUT2D eigenvalue weighted by Gasteiger charge is -2.41. The number of carbonyl (C=O) groups excluding carboxylic acids is 1. The minimum absolute atomic E-state index is 0.187. The van der Waals surface area contributed by atoms with Gasteiger partial charge in [0.15, 0.2) is 0 Å². The Kier molecular flexibility index (Phi) is 6.31. The molecular formula is C22H25NO5. The van der Waals surface area contributed by atoms with Gasteiger partial charge in [-0.1, -0.05) is 60.7 Å². The van der Waals surface area contributed by atoms with E-state index < -0.39 is 23.6 Å². The van der Waals surface area contributed by atoms with Gasteiger partial charge in [0.05, 0.1) is 11.5 Å². The Morgan fingerprint density at radius 1 is 0.964 bits per heavy atom. The van der Waals surface area contributed by atoms with Crippen molar-refractivity contribution in [2.45, 2.75) is 31.5 Å². The zero-order valence-corrected chi connectivity index (χ0v) is 15.7. The molecule has 0 aromatic heterocycles. The second-order valence-corrected chi connectivity index (χ2v) is 7.21. The van der Waals surface area contributed by atoms with Crippen LogP contribution >= 0.6 is 0 Å². The number of carboxylic acid groups (broad SMARTS) is 1. The van der Waals surface area contributed by atoms with Gasteiger partial charge in [-0.15, -0.1) is 0 Å². The molecule has 0 bridgehead atoms. The molecule has 1 fully saturated rings. The number of nitrogens with zero attached hydrogens (tertiary/aromatic N) is 1. The number of carbonyl (C=O) groups is 2. The van der Waals surface area contributed by atoms with Gasteiger partial charge in [-0.3, -0.25) is 4.79 Å². The van der Waals surface area contributed by atoms with E-state index in [2.05, 4.69) is 0 Å². The molecule has 28 heavy (non-hydrogen) atoms. The number of hydrogen-bond acceptors (Lipinski definition) is 4. The van der Waals surface area contributed by atoms with Crippen molar-refractivity contribution < 1.29 is 24.5 Å². The van der Waals surface area contributed by atoms with Crippen LogP contribution in [-0.4, -0.2) is 45.9 Å². The molecule has 2 N–H and O–H groups in total. The van der Waals surface area contributed by atoms with Crippen molar-refractivity contribution in [3.8, 4) is 0 Å². The second kappa shape index (κ2) is 8.89. The number of carboxylic acids is 1. The maximum Gasteiger partial charge on any atom is 0.410 e. The maximum absolute atomic E-state index is 12.3. The minimum atomic E-state index is -1.35. The standard InChI is InChI=1S/C22H25NO5/c24-20(25)19(15-17-7-3-1-4-8-17)22(27)11-13-23(14-12-22)21(26)28-16-18-9-5-2-6-10-18/h1-10,19,27H,11-16H2,(H,24,25). The average molecular weight is 383 g/mol. The first-order valence-electron chi connectivity index (χ1n) is 9.43. The summed E-state index contributed by atoms with van der Waals surface area (Å²) in [5.74, 6) is -1.94. The van der Waals surface area contributed by atoms with Crippen LogP contribution in [0.25, 0.3) is 0 Å². The van der Waals surface area contributed by atoms with E-state index in [0.29, 0.717) is 0 Å². The van der Waals surface area contributed by atoms with Crippen LogP contribution in [0.3, 0.4) is 0 Å². The normalized spacial score (nSPS) is 17.0. The Labute approximate surface area is 164 Å². The molecule has 6 nitrogen and oxygen atoms in total. The van der Waals surface area contributed by atoms with Gasteiger partial charge in [0.1, 0.15) is 6.61 Å². The van der Waals surface area contributed by atoms with Crippen molar-refractivity contribution >= 4 is 12.1 Å². The molecule has 1 aliphatic rings. The third-order valence-electron chi connectivity index (χ3n) is 5.32. The van der Waals surface area contributed by atoms with Gasteiger partial charge in [0.2, 0.25) is 0 Å².